The molecule has 1 saturated heterocycles. The van der Waals surface area contributed by atoms with Crippen molar-refractivity contribution in [3.05, 3.63) is 29.8 Å². The Morgan fingerprint density at radius 1 is 1.07 bits per heavy atom. The SMILES string of the molecule is CCNC(=NCC(=O)N1CCc2ccccc21)NCCCN1CCCCCC1. The van der Waals surface area contributed by atoms with Crippen LogP contribution in [0.15, 0.2) is 29.3 Å². The molecule has 154 valence electrons. The first-order valence-corrected chi connectivity index (χ1v) is 10.9. The van der Waals surface area contributed by atoms with Crippen LogP contribution in [0, 0.1) is 0 Å². The third-order valence-corrected chi connectivity index (χ3v) is 5.55. The monoisotopic (exact) mass is 385 g/mol. The summed E-state index contributed by atoms with van der Waals surface area (Å²) in [7, 11) is 0. The molecule has 0 unspecified atom stereocenters. The predicted octanol–water partition coefficient (Wildman–Crippen LogP) is 2.40. The molecular weight excluding hydrogens is 350 g/mol. The van der Waals surface area contributed by atoms with E-state index in [1.54, 1.807) is 0 Å². The van der Waals surface area contributed by atoms with Gasteiger partial charge in [0.25, 0.3) is 0 Å². The number of rotatable bonds is 7. The van der Waals surface area contributed by atoms with Gasteiger partial charge in [-0.15, -0.1) is 0 Å². The number of carbonyl (C=O) groups excluding carboxylic acids is 1. The number of guanidine groups is 1. The van der Waals surface area contributed by atoms with Gasteiger partial charge in [-0.3, -0.25) is 4.79 Å². The van der Waals surface area contributed by atoms with Gasteiger partial charge in [0, 0.05) is 25.3 Å². The zero-order valence-corrected chi connectivity index (χ0v) is 17.3. The number of likely N-dealkylation sites (tertiary alicyclic amines) is 1. The van der Waals surface area contributed by atoms with E-state index in [2.05, 4.69) is 26.6 Å². The van der Waals surface area contributed by atoms with Crippen LogP contribution in [0.4, 0.5) is 5.69 Å². The second kappa shape index (κ2) is 11.1. The maximum absolute atomic E-state index is 12.6. The lowest BCUT2D eigenvalue weighted by Crippen LogP contribution is -2.40. The molecule has 0 spiro atoms. The molecule has 2 N–H and O–H groups in total. The number of nitrogens with zero attached hydrogens (tertiary/aromatic N) is 3. The van der Waals surface area contributed by atoms with Gasteiger partial charge in [0.2, 0.25) is 5.91 Å². The van der Waals surface area contributed by atoms with E-state index in [1.165, 1.54) is 44.3 Å². The number of fused-ring (bicyclic) bond motifs is 1. The topological polar surface area (TPSA) is 60.0 Å². The van der Waals surface area contributed by atoms with E-state index in [0.717, 1.165) is 50.7 Å². The molecule has 2 aliphatic rings. The van der Waals surface area contributed by atoms with Gasteiger partial charge in [-0.25, -0.2) is 4.99 Å². The Balaban J connectivity index is 1.44. The highest BCUT2D eigenvalue weighted by Gasteiger charge is 2.23. The van der Waals surface area contributed by atoms with E-state index in [4.69, 9.17) is 0 Å². The second-order valence-electron chi connectivity index (χ2n) is 7.66. The Bertz CT molecular complexity index is 652. The molecule has 1 aromatic rings. The van der Waals surface area contributed by atoms with E-state index >= 15 is 0 Å². The highest BCUT2D eigenvalue weighted by atomic mass is 16.2. The van der Waals surface area contributed by atoms with Crippen molar-refractivity contribution in [2.24, 2.45) is 4.99 Å². The quantitative estimate of drug-likeness (QED) is 0.430. The highest BCUT2D eigenvalue weighted by molar-refractivity contribution is 5.98. The summed E-state index contributed by atoms with van der Waals surface area (Å²) < 4.78 is 0. The fourth-order valence-electron chi connectivity index (χ4n) is 4.04. The Kier molecular flexibility index (Phi) is 8.15. The lowest BCUT2D eigenvalue weighted by Gasteiger charge is -2.20. The Morgan fingerprint density at radius 3 is 2.64 bits per heavy atom. The molecule has 1 amide bonds. The van der Waals surface area contributed by atoms with Crippen LogP contribution in [-0.4, -0.2) is 62.6 Å². The van der Waals surface area contributed by atoms with Gasteiger partial charge in [0.05, 0.1) is 0 Å². The molecule has 0 bridgehead atoms. The number of benzene rings is 1. The third-order valence-electron chi connectivity index (χ3n) is 5.55. The van der Waals surface area contributed by atoms with Crippen molar-refractivity contribution in [1.29, 1.82) is 0 Å². The predicted molar refractivity (Wildman–Crippen MR) is 116 cm³/mol. The number of aliphatic imine (C=N–C) groups is 1. The van der Waals surface area contributed by atoms with Gasteiger partial charge in [-0.2, -0.15) is 0 Å². The number of hydrogen-bond donors (Lipinski definition) is 2. The smallest absolute Gasteiger partial charge is 0.248 e. The van der Waals surface area contributed by atoms with Gasteiger partial charge < -0.3 is 20.4 Å². The van der Waals surface area contributed by atoms with E-state index in [9.17, 15) is 4.79 Å². The van der Waals surface area contributed by atoms with E-state index in [1.807, 2.05) is 30.0 Å². The van der Waals surface area contributed by atoms with E-state index < -0.39 is 0 Å². The maximum atomic E-state index is 12.6. The number of hydrogen-bond acceptors (Lipinski definition) is 3. The van der Waals surface area contributed by atoms with Gasteiger partial charge in [-0.05, 0) is 63.9 Å². The fraction of sp³-hybridized carbons (Fsp3) is 0.636. The van der Waals surface area contributed by atoms with Crippen molar-refractivity contribution in [2.45, 2.75) is 45.4 Å². The summed E-state index contributed by atoms with van der Waals surface area (Å²) in [6, 6.07) is 8.14. The number of amides is 1. The van der Waals surface area contributed by atoms with Crippen molar-refractivity contribution in [3.8, 4) is 0 Å². The maximum Gasteiger partial charge on any atom is 0.248 e. The molecule has 2 heterocycles. The average molecular weight is 386 g/mol. The lowest BCUT2D eigenvalue weighted by atomic mass is 10.2. The zero-order valence-electron chi connectivity index (χ0n) is 17.3. The zero-order chi connectivity index (χ0) is 19.6. The number of para-hydroxylation sites is 1. The first-order chi connectivity index (χ1) is 13.8. The summed E-state index contributed by atoms with van der Waals surface area (Å²) in [5.41, 5.74) is 2.29. The van der Waals surface area contributed by atoms with Crippen molar-refractivity contribution in [3.63, 3.8) is 0 Å². The van der Waals surface area contributed by atoms with Crippen LogP contribution in [0.3, 0.4) is 0 Å². The van der Waals surface area contributed by atoms with Gasteiger partial charge in [0.1, 0.15) is 6.54 Å². The minimum atomic E-state index is 0.0618. The Morgan fingerprint density at radius 2 is 1.86 bits per heavy atom. The van der Waals surface area contributed by atoms with Crippen LogP contribution >= 0.6 is 0 Å². The molecule has 6 nitrogen and oxygen atoms in total. The Hall–Kier alpha value is -2.08. The first kappa shape index (κ1) is 20.6. The molecular formula is C22H35N5O. The van der Waals surface area contributed by atoms with Crippen LogP contribution in [0.25, 0.3) is 0 Å². The molecule has 0 atom stereocenters. The Labute approximate surface area is 169 Å². The molecule has 3 rings (SSSR count). The fourth-order valence-corrected chi connectivity index (χ4v) is 4.04. The van der Waals surface area contributed by atoms with Crippen LogP contribution in [0.2, 0.25) is 0 Å². The molecule has 2 aliphatic heterocycles. The second-order valence-corrected chi connectivity index (χ2v) is 7.66. The summed E-state index contributed by atoms with van der Waals surface area (Å²) in [5.74, 6) is 0.797. The van der Waals surface area contributed by atoms with Crippen molar-refractivity contribution >= 4 is 17.6 Å². The van der Waals surface area contributed by atoms with E-state index in [-0.39, 0.29) is 12.5 Å². The average Bonchev–Trinajstić information content (AvgIpc) is 2.97. The summed E-state index contributed by atoms with van der Waals surface area (Å²) in [5, 5.41) is 6.63. The van der Waals surface area contributed by atoms with Gasteiger partial charge in [-0.1, -0.05) is 31.0 Å². The van der Waals surface area contributed by atoms with Gasteiger partial charge >= 0.3 is 0 Å². The third kappa shape index (κ3) is 5.96. The van der Waals surface area contributed by atoms with E-state index in [0.29, 0.717) is 0 Å². The highest BCUT2D eigenvalue weighted by Crippen LogP contribution is 2.27. The molecule has 0 radical (unpaired) electrons. The van der Waals surface area contributed by atoms with Crippen LogP contribution in [-0.2, 0) is 11.2 Å². The number of anilines is 1. The van der Waals surface area contributed by atoms with Crippen molar-refractivity contribution in [2.75, 3.05) is 50.7 Å². The molecule has 28 heavy (non-hydrogen) atoms. The molecule has 0 aromatic heterocycles. The normalized spacial score (nSPS) is 17.9. The summed E-state index contributed by atoms with van der Waals surface area (Å²) in [6.07, 6.45) is 7.44. The molecule has 0 saturated carbocycles. The summed E-state index contributed by atoms with van der Waals surface area (Å²) >= 11 is 0. The van der Waals surface area contributed by atoms with Gasteiger partial charge in [0.15, 0.2) is 5.96 Å². The molecule has 1 aromatic carbocycles. The van der Waals surface area contributed by atoms with Crippen LogP contribution in [0.1, 0.15) is 44.6 Å². The molecule has 1 fully saturated rings. The van der Waals surface area contributed by atoms with Crippen LogP contribution < -0.4 is 15.5 Å². The number of carbonyl (C=O) groups is 1. The standard InChI is InChI=1S/C22H35N5O/c1-2-23-22(24-13-9-16-26-14-7-3-4-8-15-26)25-18-21(28)27-17-12-19-10-5-6-11-20(19)27/h5-6,10-11H,2-4,7-9,12-18H2,1H3,(H2,23,24,25). The molecule has 0 aliphatic carbocycles. The summed E-state index contributed by atoms with van der Waals surface area (Å²) in [4.78, 5) is 21.6. The minimum Gasteiger partial charge on any atom is -0.357 e. The lowest BCUT2D eigenvalue weighted by molar-refractivity contribution is -0.117. The molecule has 6 heteroatoms. The number of nitrogens with one attached hydrogen (secondary N) is 2. The summed E-state index contributed by atoms with van der Waals surface area (Å²) in [6.45, 7) is 8.26. The van der Waals surface area contributed by atoms with Crippen molar-refractivity contribution < 1.29 is 4.79 Å². The van der Waals surface area contributed by atoms with Crippen LogP contribution in [0.5, 0.6) is 0 Å². The largest absolute Gasteiger partial charge is 0.357 e. The van der Waals surface area contributed by atoms with Crippen molar-refractivity contribution in [1.82, 2.24) is 15.5 Å². The first-order valence-electron chi connectivity index (χ1n) is 10.9. The minimum absolute atomic E-state index is 0.0618.